The van der Waals surface area contributed by atoms with Gasteiger partial charge in [0.05, 0.1) is 13.1 Å². The normalized spacial score (nSPS) is 19.7. The minimum absolute atomic E-state index is 0.483. The monoisotopic (exact) mass is 180 g/mol. The molecular weight excluding hydrogens is 167 g/mol. The molecule has 1 saturated heterocycles. The number of rotatable bonds is 1. The summed E-state index contributed by atoms with van der Waals surface area (Å²) in [6.07, 6.45) is 0. The molecule has 2 rings (SSSR count). The summed E-state index contributed by atoms with van der Waals surface area (Å²) in [7, 11) is 0. The Hall–Kier alpha value is -1.25. The lowest BCUT2D eigenvalue weighted by Crippen LogP contribution is -2.57. The van der Waals surface area contributed by atoms with Crippen molar-refractivity contribution in [1.82, 2.24) is 0 Å². The average Bonchev–Trinajstić information content (AvgIpc) is 2.01. The van der Waals surface area contributed by atoms with E-state index < -0.39 is 5.67 Å². The van der Waals surface area contributed by atoms with Gasteiger partial charge in [-0.05, 0) is 31.2 Å². The van der Waals surface area contributed by atoms with Gasteiger partial charge in [-0.3, -0.25) is 0 Å². The number of hydrogen-bond acceptors (Lipinski definition) is 2. The Morgan fingerprint density at radius 3 is 2.31 bits per heavy atom. The van der Waals surface area contributed by atoms with Crippen molar-refractivity contribution in [2.75, 3.05) is 23.7 Å². The van der Waals surface area contributed by atoms with Gasteiger partial charge in [-0.2, -0.15) is 0 Å². The van der Waals surface area contributed by atoms with Crippen LogP contribution in [0, 0.1) is 0 Å². The second-order valence-corrected chi connectivity index (χ2v) is 3.86. The van der Waals surface area contributed by atoms with E-state index in [1.54, 1.807) is 6.92 Å². The van der Waals surface area contributed by atoms with Gasteiger partial charge in [0.25, 0.3) is 0 Å². The summed E-state index contributed by atoms with van der Waals surface area (Å²) < 4.78 is 13.2. The summed E-state index contributed by atoms with van der Waals surface area (Å²) >= 11 is 0. The minimum Gasteiger partial charge on any atom is -0.399 e. The number of nitrogens with zero attached hydrogens (tertiary/aromatic N) is 1. The molecule has 3 heteroatoms. The molecule has 0 saturated carbocycles. The highest BCUT2D eigenvalue weighted by Crippen LogP contribution is 2.30. The van der Waals surface area contributed by atoms with Crippen LogP contribution in [0.15, 0.2) is 24.3 Å². The van der Waals surface area contributed by atoms with Gasteiger partial charge in [-0.1, -0.05) is 0 Å². The minimum atomic E-state index is -1.01. The van der Waals surface area contributed by atoms with Crippen molar-refractivity contribution in [3.8, 4) is 0 Å². The Morgan fingerprint density at radius 2 is 1.85 bits per heavy atom. The van der Waals surface area contributed by atoms with Gasteiger partial charge in [0.2, 0.25) is 0 Å². The van der Waals surface area contributed by atoms with Crippen LogP contribution in [-0.4, -0.2) is 18.8 Å². The quantitative estimate of drug-likeness (QED) is 0.668. The lowest BCUT2D eigenvalue weighted by molar-refractivity contribution is 0.144. The Morgan fingerprint density at radius 1 is 1.31 bits per heavy atom. The summed E-state index contributed by atoms with van der Waals surface area (Å²) in [5, 5.41) is 0. The highest BCUT2D eigenvalue weighted by atomic mass is 19.1. The van der Waals surface area contributed by atoms with E-state index in [-0.39, 0.29) is 0 Å². The summed E-state index contributed by atoms with van der Waals surface area (Å²) in [4.78, 5) is 2.00. The van der Waals surface area contributed by atoms with Crippen LogP contribution in [-0.2, 0) is 0 Å². The molecule has 0 amide bonds. The predicted molar refractivity (Wildman–Crippen MR) is 52.6 cm³/mol. The largest absolute Gasteiger partial charge is 0.399 e. The molecule has 0 atom stereocenters. The van der Waals surface area contributed by atoms with Crippen LogP contribution in [0.25, 0.3) is 0 Å². The average molecular weight is 180 g/mol. The smallest absolute Gasteiger partial charge is 0.142 e. The number of nitrogen functional groups attached to an aromatic ring is 1. The molecule has 13 heavy (non-hydrogen) atoms. The molecule has 1 aliphatic heterocycles. The highest BCUT2D eigenvalue weighted by Gasteiger charge is 2.38. The first-order valence-electron chi connectivity index (χ1n) is 4.36. The zero-order valence-corrected chi connectivity index (χ0v) is 7.63. The highest BCUT2D eigenvalue weighted by molar-refractivity contribution is 5.55. The Bertz CT molecular complexity index is 297. The van der Waals surface area contributed by atoms with Crippen molar-refractivity contribution in [3.05, 3.63) is 24.3 Å². The molecule has 0 spiro atoms. The molecule has 0 radical (unpaired) electrons. The van der Waals surface area contributed by atoms with E-state index >= 15 is 0 Å². The number of hydrogen-bond donors (Lipinski definition) is 1. The Kier molecular flexibility index (Phi) is 1.68. The molecule has 0 bridgehead atoms. The SMILES string of the molecule is CC1(F)CN(c2ccc(N)cc2)C1. The number of nitrogens with two attached hydrogens (primary N) is 1. The lowest BCUT2D eigenvalue weighted by atomic mass is 9.98. The van der Waals surface area contributed by atoms with E-state index in [9.17, 15) is 4.39 Å². The van der Waals surface area contributed by atoms with Crippen molar-refractivity contribution >= 4 is 11.4 Å². The Balaban J connectivity index is 2.08. The summed E-state index contributed by atoms with van der Waals surface area (Å²) in [5.74, 6) is 0. The fourth-order valence-corrected chi connectivity index (χ4v) is 1.62. The van der Waals surface area contributed by atoms with Gasteiger partial charge in [-0.25, -0.2) is 4.39 Å². The van der Waals surface area contributed by atoms with Crippen molar-refractivity contribution < 1.29 is 4.39 Å². The van der Waals surface area contributed by atoms with E-state index in [2.05, 4.69) is 0 Å². The lowest BCUT2D eigenvalue weighted by Gasteiger charge is -2.43. The zero-order valence-electron chi connectivity index (χ0n) is 7.63. The molecule has 1 heterocycles. The maximum absolute atomic E-state index is 13.2. The molecule has 0 unspecified atom stereocenters. The fourth-order valence-electron chi connectivity index (χ4n) is 1.62. The van der Waals surface area contributed by atoms with E-state index in [0.29, 0.717) is 13.1 Å². The van der Waals surface area contributed by atoms with E-state index in [0.717, 1.165) is 11.4 Å². The van der Waals surface area contributed by atoms with Crippen LogP contribution in [0.1, 0.15) is 6.92 Å². The van der Waals surface area contributed by atoms with E-state index in [1.807, 2.05) is 29.2 Å². The third-order valence-electron chi connectivity index (χ3n) is 2.30. The van der Waals surface area contributed by atoms with Crippen LogP contribution < -0.4 is 10.6 Å². The number of benzene rings is 1. The second kappa shape index (κ2) is 2.62. The summed E-state index contributed by atoms with van der Waals surface area (Å²) in [6.45, 7) is 2.59. The standard InChI is InChI=1S/C10H13FN2/c1-10(11)6-13(7-10)9-4-2-8(12)3-5-9/h2-5H,6-7,12H2,1H3. The van der Waals surface area contributed by atoms with Gasteiger partial charge >= 0.3 is 0 Å². The molecule has 0 aliphatic carbocycles. The van der Waals surface area contributed by atoms with Crippen LogP contribution in [0.5, 0.6) is 0 Å². The molecule has 70 valence electrons. The summed E-state index contributed by atoms with van der Waals surface area (Å²) in [5.41, 5.74) is 6.32. The molecule has 1 aliphatic rings. The van der Waals surface area contributed by atoms with Gasteiger partial charge in [0.15, 0.2) is 0 Å². The molecule has 2 N–H and O–H groups in total. The Labute approximate surface area is 77.2 Å². The second-order valence-electron chi connectivity index (χ2n) is 3.86. The first-order chi connectivity index (χ1) is 6.07. The fraction of sp³-hybridized carbons (Fsp3) is 0.400. The van der Waals surface area contributed by atoms with Gasteiger partial charge < -0.3 is 10.6 Å². The van der Waals surface area contributed by atoms with Crippen LogP contribution >= 0.6 is 0 Å². The summed E-state index contributed by atoms with van der Waals surface area (Å²) in [6, 6.07) is 7.52. The van der Waals surface area contributed by atoms with Crippen molar-refractivity contribution in [2.24, 2.45) is 0 Å². The molecule has 2 nitrogen and oxygen atoms in total. The maximum Gasteiger partial charge on any atom is 0.142 e. The molecule has 1 aromatic rings. The maximum atomic E-state index is 13.2. The number of halogens is 1. The molecule has 0 aromatic heterocycles. The third-order valence-corrected chi connectivity index (χ3v) is 2.30. The first-order valence-corrected chi connectivity index (χ1v) is 4.36. The van der Waals surface area contributed by atoms with E-state index in [1.165, 1.54) is 0 Å². The topological polar surface area (TPSA) is 29.3 Å². The van der Waals surface area contributed by atoms with Gasteiger partial charge in [-0.15, -0.1) is 0 Å². The van der Waals surface area contributed by atoms with Crippen LogP contribution in [0.2, 0.25) is 0 Å². The van der Waals surface area contributed by atoms with E-state index in [4.69, 9.17) is 5.73 Å². The molecule has 1 aromatic carbocycles. The van der Waals surface area contributed by atoms with Crippen LogP contribution in [0.3, 0.4) is 0 Å². The van der Waals surface area contributed by atoms with Crippen molar-refractivity contribution in [1.29, 1.82) is 0 Å². The van der Waals surface area contributed by atoms with Crippen molar-refractivity contribution in [2.45, 2.75) is 12.6 Å². The van der Waals surface area contributed by atoms with Crippen molar-refractivity contribution in [3.63, 3.8) is 0 Å². The molecule has 1 fully saturated rings. The molecular formula is C10H13FN2. The van der Waals surface area contributed by atoms with Crippen LogP contribution in [0.4, 0.5) is 15.8 Å². The third kappa shape index (κ3) is 1.59. The van der Waals surface area contributed by atoms with Gasteiger partial charge in [0, 0.05) is 11.4 Å². The number of alkyl halides is 1. The van der Waals surface area contributed by atoms with Gasteiger partial charge in [0.1, 0.15) is 5.67 Å². The zero-order chi connectivity index (χ0) is 9.47. The number of anilines is 2. The first kappa shape index (κ1) is 8.35. The predicted octanol–water partition coefficient (Wildman–Crippen LogP) is 1.82.